The van der Waals surface area contributed by atoms with E-state index in [1.54, 1.807) is 11.8 Å². The van der Waals surface area contributed by atoms with Gasteiger partial charge in [0.25, 0.3) is 0 Å². The molecular formula is C12H12BrClFNO. The van der Waals surface area contributed by atoms with Crippen LogP contribution >= 0.6 is 27.5 Å². The molecular weight excluding hydrogens is 308 g/mol. The summed E-state index contributed by atoms with van der Waals surface area (Å²) < 4.78 is 13.8. The molecule has 0 aliphatic carbocycles. The summed E-state index contributed by atoms with van der Waals surface area (Å²) in [6.07, 6.45) is 0.465. The molecule has 1 amide bonds. The Bertz CT molecular complexity index is 443. The molecule has 2 nitrogen and oxygen atoms in total. The number of amides is 1. The number of hydrogen-bond donors (Lipinski definition) is 0. The Labute approximate surface area is 113 Å². The van der Waals surface area contributed by atoms with Crippen LogP contribution in [0.3, 0.4) is 0 Å². The number of carbonyl (C=O) groups is 1. The molecule has 1 unspecified atom stereocenters. The molecule has 1 aliphatic rings. The zero-order valence-corrected chi connectivity index (χ0v) is 11.7. The molecule has 1 atom stereocenters. The highest BCUT2D eigenvalue weighted by atomic mass is 79.9. The van der Waals surface area contributed by atoms with Crippen LogP contribution in [0.4, 0.5) is 10.1 Å². The molecule has 0 bridgehead atoms. The van der Waals surface area contributed by atoms with E-state index in [1.165, 1.54) is 12.1 Å². The SMILES string of the molecule is Cc1cc(F)cc(Br)c1N1CC(CCl)CC1=O. The van der Waals surface area contributed by atoms with Crippen molar-refractivity contribution in [2.45, 2.75) is 13.3 Å². The summed E-state index contributed by atoms with van der Waals surface area (Å²) >= 11 is 9.09. The minimum atomic E-state index is -0.307. The van der Waals surface area contributed by atoms with E-state index in [0.717, 1.165) is 11.3 Å². The Kier molecular flexibility index (Phi) is 3.73. The van der Waals surface area contributed by atoms with Gasteiger partial charge in [0.15, 0.2) is 0 Å². The lowest BCUT2D eigenvalue weighted by Gasteiger charge is -2.20. The zero-order valence-electron chi connectivity index (χ0n) is 9.34. The number of alkyl halides is 1. The van der Waals surface area contributed by atoms with Gasteiger partial charge in [-0.3, -0.25) is 4.79 Å². The summed E-state index contributed by atoms with van der Waals surface area (Å²) in [5, 5.41) is 0. The molecule has 0 saturated carbocycles. The molecule has 1 saturated heterocycles. The number of halogens is 3. The zero-order chi connectivity index (χ0) is 12.6. The van der Waals surface area contributed by atoms with Crippen molar-refractivity contribution >= 4 is 39.1 Å². The molecule has 0 N–H and O–H groups in total. The Morgan fingerprint density at radius 1 is 1.59 bits per heavy atom. The van der Waals surface area contributed by atoms with E-state index in [9.17, 15) is 9.18 Å². The van der Waals surface area contributed by atoms with E-state index in [2.05, 4.69) is 15.9 Å². The highest BCUT2D eigenvalue weighted by molar-refractivity contribution is 9.10. The first-order chi connectivity index (χ1) is 8.02. The standard InChI is InChI=1S/C12H12BrClFNO/c1-7-2-9(15)4-10(13)12(7)16-6-8(5-14)3-11(16)17/h2,4,8H,3,5-6H2,1H3. The highest BCUT2D eigenvalue weighted by Crippen LogP contribution is 2.35. The number of benzene rings is 1. The Balaban J connectivity index is 2.38. The van der Waals surface area contributed by atoms with Crippen LogP contribution < -0.4 is 4.90 Å². The molecule has 0 aromatic heterocycles. The Morgan fingerprint density at radius 2 is 2.29 bits per heavy atom. The van der Waals surface area contributed by atoms with Crippen LogP contribution in [0.5, 0.6) is 0 Å². The van der Waals surface area contributed by atoms with Crippen molar-refractivity contribution in [2.24, 2.45) is 5.92 Å². The quantitative estimate of drug-likeness (QED) is 0.764. The average Bonchev–Trinajstić information content (AvgIpc) is 2.59. The molecule has 1 heterocycles. The van der Waals surface area contributed by atoms with Crippen molar-refractivity contribution in [3.05, 3.63) is 28.0 Å². The normalized spacial score (nSPS) is 20.1. The van der Waals surface area contributed by atoms with Crippen LogP contribution in [-0.4, -0.2) is 18.3 Å². The maximum Gasteiger partial charge on any atom is 0.227 e. The summed E-state index contributed by atoms with van der Waals surface area (Å²) in [6.45, 7) is 2.40. The van der Waals surface area contributed by atoms with Gasteiger partial charge in [0.2, 0.25) is 5.91 Å². The smallest absolute Gasteiger partial charge is 0.227 e. The summed E-state index contributed by atoms with van der Waals surface area (Å²) in [5.74, 6) is 0.394. The van der Waals surface area contributed by atoms with Crippen molar-refractivity contribution in [1.29, 1.82) is 0 Å². The number of aryl methyl sites for hydroxylation is 1. The molecule has 92 valence electrons. The second kappa shape index (κ2) is 4.94. The van der Waals surface area contributed by atoms with E-state index < -0.39 is 0 Å². The fourth-order valence-corrected chi connectivity index (χ4v) is 3.09. The van der Waals surface area contributed by atoms with Crippen molar-refractivity contribution in [3.8, 4) is 0 Å². The van der Waals surface area contributed by atoms with Crippen LogP contribution in [0.25, 0.3) is 0 Å². The van der Waals surface area contributed by atoms with Gasteiger partial charge in [0.05, 0.1) is 5.69 Å². The van der Waals surface area contributed by atoms with Gasteiger partial charge in [0.1, 0.15) is 5.82 Å². The van der Waals surface area contributed by atoms with Crippen LogP contribution in [0.1, 0.15) is 12.0 Å². The van der Waals surface area contributed by atoms with E-state index in [0.29, 0.717) is 23.3 Å². The summed E-state index contributed by atoms with van der Waals surface area (Å²) in [4.78, 5) is 13.6. The van der Waals surface area contributed by atoms with Crippen molar-refractivity contribution in [2.75, 3.05) is 17.3 Å². The molecule has 17 heavy (non-hydrogen) atoms. The van der Waals surface area contributed by atoms with E-state index in [1.807, 2.05) is 0 Å². The maximum atomic E-state index is 13.2. The van der Waals surface area contributed by atoms with Gasteiger partial charge in [-0.1, -0.05) is 0 Å². The largest absolute Gasteiger partial charge is 0.311 e. The second-order valence-electron chi connectivity index (χ2n) is 4.28. The van der Waals surface area contributed by atoms with Gasteiger partial charge >= 0.3 is 0 Å². The van der Waals surface area contributed by atoms with E-state index in [4.69, 9.17) is 11.6 Å². The first-order valence-corrected chi connectivity index (χ1v) is 6.67. The lowest BCUT2D eigenvalue weighted by atomic mass is 10.1. The van der Waals surface area contributed by atoms with Crippen molar-refractivity contribution in [3.63, 3.8) is 0 Å². The third-order valence-corrected chi connectivity index (χ3v) is 3.95. The maximum absolute atomic E-state index is 13.2. The van der Waals surface area contributed by atoms with Gasteiger partial charge < -0.3 is 4.90 Å². The second-order valence-corrected chi connectivity index (χ2v) is 5.44. The highest BCUT2D eigenvalue weighted by Gasteiger charge is 2.31. The lowest BCUT2D eigenvalue weighted by molar-refractivity contribution is -0.117. The summed E-state index contributed by atoms with van der Waals surface area (Å²) in [7, 11) is 0. The molecule has 0 radical (unpaired) electrons. The van der Waals surface area contributed by atoms with Crippen LogP contribution in [0, 0.1) is 18.7 Å². The number of nitrogens with zero attached hydrogens (tertiary/aromatic N) is 1. The first kappa shape index (κ1) is 12.8. The Morgan fingerprint density at radius 3 is 2.82 bits per heavy atom. The third-order valence-electron chi connectivity index (χ3n) is 2.91. The molecule has 1 aromatic rings. The molecule has 1 aromatic carbocycles. The Hall–Kier alpha value is -0.610. The van der Waals surface area contributed by atoms with Crippen molar-refractivity contribution in [1.82, 2.24) is 0 Å². The van der Waals surface area contributed by atoms with Gasteiger partial charge in [-0.15, -0.1) is 11.6 Å². The molecule has 1 aliphatic heterocycles. The number of hydrogen-bond acceptors (Lipinski definition) is 1. The van der Waals surface area contributed by atoms with E-state index >= 15 is 0 Å². The van der Waals surface area contributed by atoms with Gasteiger partial charge in [0, 0.05) is 23.3 Å². The molecule has 5 heteroatoms. The fourth-order valence-electron chi connectivity index (χ4n) is 2.14. The van der Waals surface area contributed by atoms with E-state index in [-0.39, 0.29) is 17.6 Å². The predicted octanol–water partition coefficient (Wildman–Crippen LogP) is 3.49. The monoisotopic (exact) mass is 319 g/mol. The van der Waals surface area contributed by atoms with Crippen molar-refractivity contribution < 1.29 is 9.18 Å². The van der Waals surface area contributed by atoms with Gasteiger partial charge in [-0.05, 0) is 46.5 Å². The number of carbonyl (C=O) groups excluding carboxylic acids is 1. The minimum Gasteiger partial charge on any atom is -0.311 e. The van der Waals surface area contributed by atoms with Crippen LogP contribution in [0.15, 0.2) is 16.6 Å². The number of rotatable bonds is 2. The van der Waals surface area contributed by atoms with Gasteiger partial charge in [-0.25, -0.2) is 4.39 Å². The molecule has 0 spiro atoms. The summed E-state index contributed by atoms with van der Waals surface area (Å²) in [6, 6.07) is 2.81. The van der Waals surface area contributed by atoms with Gasteiger partial charge in [-0.2, -0.15) is 0 Å². The first-order valence-electron chi connectivity index (χ1n) is 5.35. The average molecular weight is 321 g/mol. The summed E-state index contributed by atoms with van der Waals surface area (Å²) in [5.41, 5.74) is 1.50. The fraction of sp³-hybridized carbons (Fsp3) is 0.417. The predicted molar refractivity (Wildman–Crippen MR) is 70.0 cm³/mol. The van der Waals surface area contributed by atoms with Crippen LogP contribution in [0.2, 0.25) is 0 Å². The lowest BCUT2D eigenvalue weighted by Crippen LogP contribution is -2.26. The third kappa shape index (κ3) is 2.47. The number of anilines is 1. The molecule has 1 fully saturated rings. The molecule has 2 rings (SSSR count). The van der Waals surface area contributed by atoms with Crippen LogP contribution in [-0.2, 0) is 4.79 Å². The minimum absolute atomic E-state index is 0.0473. The topological polar surface area (TPSA) is 20.3 Å².